The Morgan fingerprint density at radius 1 is 1.17 bits per heavy atom. The second-order valence-electron chi connectivity index (χ2n) is 6.88. The molecule has 4 rings (SSSR count). The van der Waals surface area contributed by atoms with Crippen molar-refractivity contribution in [2.24, 2.45) is 0 Å². The van der Waals surface area contributed by atoms with Crippen LogP contribution >= 0.6 is 0 Å². The normalized spacial score (nSPS) is 11.1. The second-order valence-corrected chi connectivity index (χ2v) is 6.88. The van der Waals surface area contributed by atoms with Gasteiger partial charge in [0.1, 0.15) is 17.1 Å². The Labute approximate surface area is 174 Å². The van der Waals surface area contributed by atoms with E-state index < -0.39 is 0 Å². The number of nitrogens with one attached hydrogen (secondary N) is 1. The lowest BCUT2D eigenvalue weighted by atomic mass is 10.1. The molecular weight excluding hydrogens is 378 g/mol. The lowest BCUT2D eigenvalue weighted by molar-refractivity contribution is -0.111. The molecule has 3 aromatic heterocycles. The van der Waals surface area contributed by atoms with Crippen molar-refractivity contribution in [1.82, 2.24) is 19.9 Å². The van der Waals surface area contributed by atoms with E-state index >= 15 is 0 Å². The molecule has 150 valence electrons. The van der Waals surface area contributed by atoms with E-state index in [2.05, 4.69) is 27.6 Å². The summed E-state index contributed by atoms with van der Waals surface area (Å²) in [6.07, 6.45) is 8.64. The Bertz CT molecular complexity index is 1160. The van der Waals surface area contributed by atoms with Crippen molar-refractivity contribution in [3.05, 3.63) is 89.7 Å². The molecule has 7 nitrogen and oxygen atoms in total. The van der Waals surface area contributed by atoms with Crippen LogP contribution in [0.5, 0.6) is 0 Å². The fourth-order valence-corrected chi connectivity index (χ4v) is 3.13. The highest BCUT2D eigenvalue weighted by Gasteiger charge is 2.13. The molecule has 0 bridgehead atoms. The average Bonchev–Trinajstić information content (AvgIpc) is 3.31. The number of anilines is 1. The van der Waals surface area contributed by atoms with E-state index in [1.54, 1.807) is 32.3 Å². The third kappa shape index (κ3) is 4.35. The number of carbonyl (C=O) groups is 1. The number of pyridine rings is 1. The molecule has 1 amide bonds. The molecule has 7 heteroatoms. The third-order valence-corrected chi connectivity index (χ3v) is 4.61. The highest BCUT2D eigenvalue weighted by Crippen LogP contribution is 2.23. The van der Waals surface area contributed by atoms with Crippen LogP contribution in [0.4, 0.5) is 5.69 Å². The topological polar surface area (TPSA) is 85.8 Å². The summed E-state index contributed by atoms with van der Waals surface area (Å²) in [6.45, 7) is 4.17. The standard InChI is InChI=1S/C23H21N5O2/c1-16-22(17(2)30-27-16)25-21(29)11-10-20-15-28(14-18-7-4-3-5-8-18)26-23(20)19-9-6-12-24-13-19/h3-13,15H,14H2,1-2H3,(H,25,29)/b11-10+. The second kappa shape index (κ2) is 8.57. The number of amides is 1. The van der Waals surface area contributed by atoms with Crippen molar-refractivity contribution in [2.45, 2.75) is 20.4 Å². The van der Waals surface area contributed by atoms with Gasteiger partial charge in [-0.1, -0.05) is 35.5 Å². The van der Waals surface area contributed by atoms with Crippen LogP contribution in [0.3, 0.4) is 0 Å². The Morgan fingerprint density at radius 2 is 2.00 bits per heavy atom. The molecule has 0 spiro atoms. The van der Waals surface area contributed by atoms with Gasteiger partial charge in [-0.3, -0.25) is 14.5 Å². The molecule has 0 saturated carbocycles. The molecule has 0 aliphatic heterocycles. The number of hydrogen-bond donors (Lipinski definition) is 1. The van der Waals surface area contributed by atoms with Crippen molar-refractivity contribution in [3.8, 4) is 11.3 Å². The maximum Gasteiger partial charge on any atom is 0.248 e. The Kier molecular flexibility index (Phi) is 5.52. The molecule has 3 heterocycles. The molecule has 0 atom stereocenters. The fraction of sp³-hybridized carbons (Fsp3) is 0.130. The summed E-state index contributed by atoms with van der Waals surface area (Å²) in [6, 6.07) is 13.9. The van der Waals surface area contributed by atoms with E-state index in [1.807, 2.05) is 41.2 Å². The minimum absolute atomic E-state index is 0.266. The molecule has 0 saturated heterocycles. The number of aromatic nitrogens is 4. The van der Waals surface area contributed by atoms with Gasteiger partial charge in [0.25, 0.3) is 0 Å². The number of hydrogen-bond acceptors (Lipinski definition) is 5. The maximum absolute atomic E-state index is 12.4. The van der Waals surface area contributed by atoms with Crippen LogP contribution < -0.4 is 5.32 Å². The lowest BCUT2D eigenvalue weighted by Crippen LogP contribution is -2.08. The smallest absolute Gasteiger partial charge is 0.248 e. The molecule has 30 heavy (non-hydrogen) atoms. The lowest BCUT2D eigenvalue weighted by Gasteiger charge is -2.01. The van der Waals surface area contributed by atoms with Gasteiger partial charge in [-0.05, 0) is 37.6 Å². The first-order valence-corrected chi connectivity index (χ1v) is 9.54. The summed E-state index contributed by atoms with van der Waals surface area (Å²) in [7, 11) is 0. The largest absolute Gasteiger partial charge is 0.359 e. The first-order valence-electron chi connectivity index (χ1n) is 9.54. The van der Waals surface area contributed by atoms with Crippen LogP contribution in [0.1, 0.15) is 22.6 Å². The van der Waals surface area contributed by atoms with Crippen molar-refractivity contribution in [2.75, 3.05) is 5.32 Å². The molecule has 0 unspecified atom stereocenters. The van der Waals surface area contributed by atoms with Crippen LogP contribution in [-0.4, -0.2) is 25.8 Å². The van der Waals surface area contributed by atoms with Gasteiger partial charge in [-0.15, -0.1) is 0 Å². The van der Waals surface area contributed by atoms with E-state index in [1.165, 1.54) is 6.08 Å². The molecule has 0 radical (unpaired) electrons. The van der Waals surface area contributed by atoms with Gasteiger partial charge in [0.15, 0.2) is 5.76 Å². The van der Waals surface area contributed by atoms with Gasteiger partial charge in [0, 0.05) is 35.8 Å². The van der Waals surface area contributed by atoms with Gasteiger partial charge >= 0.3 is 0 Å². The summed E-state index contributed by atoms with van der Waals surface area (Å²) >= 11 is 0. The summed E-state index contributed by atoms with van der Waals surface area (Å²) in [4.78, 5) is 16.6. The molecule has 1 aromatic carbocycles. The first-order chi connectivity index (χ1) is 14.6. The Hall–Kier alpha value is -4.00. The summed E-state index contributed by atoms with van der Waals surface area (Å²) in [5.41, 5.74) is 4.85. The first kappa shape index (κ1) is 19.3. The number of rotatable bonds is 6. The highest BCUT2D eigenvalue weighted by molar-refractivity contribution is 6.02. The minimum atomic E-state index is -0.266. The monoisotopic (exact) mass is 399 g/mol. The molecule has 0 aliphatic rings. The zero-order valence-corrected chi connectivity index (χ0v) is 16.7. The number of carbonyl (C=O) groups excluding carboxylic acids is 1. The van der Waals surface area contributed by atoms with Gasteiger partial charge in [0.2, 0.25) is 5.91 Å². The van der Waals surface area contributed by atoms with Gasteiger partial charge in [0.05, 0.1) is 6.54 Å². The van der Waals surface area contributed by atoms with Crippen LogP contribution in [0.25, 0.3) is 17.3 Å². The molecule has 0 aliphatic carbocycles. The van der Waals surface area contributed by atoms with E-state index in [0.717, 1.165) is 22.4 Å². The zero-order valence-electron chi connectivity index (χ0n) is 16.7. The van der Waals surface area contributed by atoms with Crippen molar-refractivity contribution in [3.63, 3.8) is 0 Å². The van der Waals surface area contributed by atoms with Crippen LogP contribution in [-0.2, 0) is 11.3 Å². The number of aryl methyl sites for hydroxylation is 2. The van der Waals surface area contributed by atoms with Crippen LogP contribution in [0.15, 0.2) is 71.7 Å². The fourth-order valence-electron chi connectivity index (χ4n) is 3.13. The summed E-state index contributed by atoms with van der Waals surface area (Å²) in [5.74, 6) is 0.304. The van der Waals surface area contributed by atoms with Crippen LogP contribution in [0.2, 0.25) is 0 Å². The minimum Gasteiger partial charge on any atom is -0.359 e. The molecule has 1 N–H and O–H groups in total. The molecular formula is C23H21N5O2. The van der Waals surface area contributed by atoms with E-state index in [0.29, 0.717) is 23.7 Å². The number of nitrogens with zero attached hydrogens (tertiary/aromatic N) is 4. The van der Waals surface area contributed by atoms with E-state index in [-0.39, 0.29) is 5.91 Å². The number of benzene rings is 1. The third-order valence-electron chi connectivity index (χ3n) is 4.61. The Balaban J connectivity index is 1.60. The van der Waals surface area contributed by atoms with E-state index in [4.69, 9.17) is 9.62 Å². The Morgan fingerprint density at radius 3 is 2.70 bits per heavy atom. The van der Waals surface area contributed by atoms with Gasteiger partial charge in [-0.2, -0.15) is 5.10 Å². The molecule has 4 aromatic rings. The van der Waals surface area contributed by atoms with Crippen molar-refractivity contribution in [1.29, 1.82) is 0 Å². The highest BCUT2D eigenvalue weighted by atomic mass is 16.5. The van der Waals surface area contributed by atoms with Crippen molar-refractivity contribution < 1.29 is 9.32 Å². The summed E-state index contributed by atoms with van der Waals surface area (Å²) in [5, 5.41) is 11.4. The predicted octanol–water partition coefficient (Wildman–Crippen LogP) is 4.25. The zero-order chi connectivity index (χ0) is 20.9. The van der Waals surface area contributed by atoms with Crippen molar-refractivity contribution >= 4 is 17.7 Å². The van der Waals surface area contributed by atoms with Gasteiger partial charge in [-0.25, -0.2) is 0 Å². The maximum atomic E-state index is 12.4. The van der Waals surface area contributed by atoms with Crippen LogP contribution in [0, 0.1) is 13.8 Å². The van der Waals surface area contributed by atoms with Gasteiger partial charge < -0.3 is 9.84 Å². The van der Waals surface area contributed by atoms with E-state index in [9.17, 15) is 4.79 Å². The summed E-state index contributed by atoms with van der Waals surface area (Å²) < 4.78 is 6.95. The average molecular weight is 399 g/mol. The predicted molar refractivity (Wildman–Crippen MR) is 115 cm³/mol. The SMILES string of the molecule is Cc1noc(C)c1NC(=O)/C=C/c1cn(Cc2ccccc2)nc1-c1cccnc1. The molecule has 0 fully saturated rings. The quantitative estimate of drug-likeness (QED) is 0.490.